The molecule has 1 aromatic carbocycles. The minimum Gasteiger partial charge on any atom is -0.459 e. The molecule has 1 aliphatic carbocycles. The normalized spacial score (nSPS) is 18.2. The van der Waals surface area contributed by atoms with Gasteiger partial charge >= 0.3 is 5.97 Å². The Kier molecular flexibility index (Phi) is 7.71. The molecule has 2 heterocycles. The van der Waals surface area contributed by atoms with Gasteiger partial charge in [0.15, 0.2) is 17.6 Å². The monoisotopic (exact) mass is 473 g/mol. The van der Waals surface area contributed by atoms with Crippen LogP contribution in [-0.4, -0.2) is 45.8 Å². The number of anilines is 1. The molecule has 178 valence electrons. The van der Waals surface area contributed by atoms with E-state index in [0.29, 0.717) is 18.4 Å². The summed E-state index contributed by atoms with van der Waals surface area (Å²) in [4.78, 5) is 30.0. The van der Waals surface area contributed by atoms with E-state index in [4.69, 9.17) is 16.3 Å². The molecule has 0 unspecified atom stereocenters. The van der Waals surface area contributed by atoms with Crippen LogP contribution in [0.3, 0.4) is 0 Å². The summed E-state index contributed by atoms with van der Waals surface area (Å²) in [6, 6.07) is 10.1. The first kappa shape index (κ1) is 23.8. The van der Waals surface area contributed by atoms with Gasteiger partial charge in [-0.05, 0) is 38.2 Å². The zero-order chi connectivity index (χ0) is 23.3. The van der Waals surface area contributed by atoms with Crippen molar-refractivity contribution in [3.05, 3.63) is 57.1 Å². The Labute approximate surface area is 200 Å². The quantitative estimate of drug-likeness (QED) is 0.458. The van der Waals surface area contributed by atoms with Gasteiger partial charge in [-0.2, -0.15) is 0 Å². The van der Waals surface area contributed by atoms with E-state index in [0.717, 1.165) is 23.1 Å². The standard InChI is InChI=1S/C25H34ClN4O3/c1-19-23(26)28-24(27-18-30(14-8-9-15-30)21-12-6-3-7-13-21)25(32)29(19)16-22(31)33-17-20-10-4-2-5-11-20/h2,4-5,10-11,21H,3,6-9,12-18H2,1H3,(H,27,28)/q+1. The maximum Gasteiger partial charge on any atom is 0.326 e. The number of esters is 1. The van der Waals surface area contributed by atoms with E-state index in [1.54, 1.807) is 6.92 Å². The Balaban J connectivity index is 1.46. The van der Waals surface area contributed by atoms with Crippen molar-refractivity contribution in [1.82, 2.24) is 9.55 Å². The SMILES string of the molecule is Cc1c(Cl)nc(NC[N+]2(C3CCCCC3)CCCC2)c(=O)n1CC(=O)OCc1ccccc1. The molecule has 8 heteroatoms. The number of halogens is 1. The third-order valence-electron chi connectivity index (χ3n) is 7.26. The summed E-state index contributed by atoms with van der Waals surface area (Å²) < 4.78 is 7.74. The van der Waals surface area contributed by atoms with Crippen molar-refractivity contribution in [2.75, 3.05) is 25.1 Å². The van der Waals surface area contributed by atoms with Crippen molar-refractivity contribution in [2.24, 2.45) is 0 Å². The first-order valence-electron chi connectivity index (χ1n) is 12.0. The Morgan fingerprint density at radius 1 is 1.15 bits per heavy atom. The van der Waals surface area contributed by atoms with Crippen LogP contribution in [0.15, 0.2) is 35.1 Å². The maximum absolute atomic E-state index is 13.2. The number of hydrogen-bond donors (Lipinski definition) is 1. The molecule has 1 saturated heterocycles. The van der Waals surface area contributed by atoms with E-state index < -0.39 is 5.97 Å². The van der Waals surface area contributed by atoms with Gasteiger partial charge in [0, 0.05) is 12.8 Å². The fraction of sp³-hybridized carbons (Fsp3) is 0.560. The molecule has 4 rings (SSSR count). The van der Waals surface area contributed by atoms with Gasteiger partial charge in [-0.25, -0.2) is 4.98 Å². The summed E-state index contributed by atoms with van der Waals surface area (Å²) in [5, 5.41) is 3.54. The highest BCUT2D eigenvalue weighted by molar-refractivity contribution is 6.30. The number of nitrogens with one attached hydrogen (secondary N) is 1. The van der Waals surface area contributed by atoms with Gasteiger partial charge in [0.05, 0.1) is 24.8 Å². The summed E-state index contributed by atoms with van der Waals surface area (Å²) in [5.74, 6) is -0.274. The number of hydrogen-bond acceptors (Lipinski definition) is 5. The Morgan fingerprint density at radius 3 is 2.55 bits per heavy atom. The molecule has 0 atom stereocenters. The lowest BCUT2D eigenvalue weighted by atomic mass is 9.93. The number of rotatable bonds is 8. The maximum atomic E-state index is 13.2. The van der Waals surface area contributed by atoms with Crippen LogP contribution in [0.1, 0.15) is 56.2 Å². The molecule has 0 spiro atoms. The zero-order valence-electron chi connectivity index (χ0n) is 19.4. The topological polar surface area (TPSA) is 73.2 Å². The van der Waals surface area contributed by atoms with Crippen molar-refractivity contribution in [1.29, 1.82) is 0 Å². The van der Waals surface area contributed by atoms with E-state index in [-0.39, 0.29) is 29.7 Å². The minimum atomic E-state index is -0.484. The fourth-order valence-electron chi connectivity index (χ4n) is 5.32. The number of aromatic nitrogens is 2. The number of ether oxygens (including phenoxy) is 1. The third-order valence-corrected chi connectivity index (χ3v) is 7.62. The summed E-state index contributed by atoms with van der Waals surface area (Å²) in [6.45, 7) is 4.61. The first-order valence-corrected chi connectivity index (χ1v) is 12.4. The molecular weight excluding hydrogens is 440 g/mol. The number of benzene rings is 1. The summed E-state index contributed by atoms with van der Waals surface area (Å²) >= 11 is 6.36. The van der Waals surface area contributed by atoms with Crippen LogP contribution in [0.2, 0.25) is 5.15 Å². The van der Waals surface area contributed by atoms with E-state index in [1.165, 1.54) is 49.5 Å². The molecule has 33 heavy (non-hydrogen) atoms. The van der Waals surface area contributed by atoms with Gasteiger partial charge in [-0.15, -0.1) is 0 Å². The summed E-state index contributed by atoms with van der Waals surface area (Å²) in [6.07, 6.45) is 8.84. The van der Waals surface area contributed by atoms with Crippen molar-refractivity contribution in [3.63, 3.8) is 0 Å². The average molecular weight is 474 g/mol. The fourth-order valence-corrected chi connectivity index (χ4v) is 5.50. The number of nitrogens with zero attached hydrogens (tertiary/aromatic N) is 3. The van der Waals surface area contributed by atoms with Crippen molar-refractivity contribution < 1.29 is 14.0 Å². The molecule has 2 aromatic rings. The molecular formula is C25H34ClN4O3+. The van der Waals surface area contributed by atoms with E-state index in [1.807, 2.05) is 30.3 Å². The van der Waals surface area contributed by atoms with E-state index in [9.17, 15) is 9.59 Å². The van der Waals surface area contributed by atoms with Crippen LogP contribution in [0.25, 0.3) is 0 Å². The van der Waals surface area contributed by atoms with Crippen molar-refractivity contribution >= 4 is 23.4 Å². The molecule has 0 bridgehead atoms. The smallest absolute Gasteiger partial charge is 0.326 e. The Morgan fingerprint density at radius 2 is 1.85 bits per heavy atom. The van der Waals surface area contributed by atoms with Gasteiger partial charge in [0.1, 0.15) is 13.2 Å². The first-order chi connectivity index (χ1) is 16.0. The van der Waals surface area contributed by atoms with Gasteiger partial charge in [0.2, 0.25) is 0 Å². The predicted octanol–water partition coefficient (Wildman–Crippen LogP) is 4.26. The molecule has 1 aliphatic heterocycles. The summed E-state index contributed by atoms with van der Waals surface area (Å²) in [7, 11) is 0. The average Bonchev–Trinajstić information content (AvgIpc) is 3.33. The molecule has 1 saturated carbocycles. The van der Waals surface area contributed by atoms with Gasteiger partial charge in [0.25, 0.3) is 5.56 Å². The molecule has 2 aliphatic rings. The second-order valence-corrected chi connectivity index (χ2v) is 9.73. The van der Waals surface area contributed by atoms with Gasteiger partial charge < -0.3 is 14.5 Å². The number of likely N-dealkylation sites (tertiary alicyclic amines) is 1. The van der Waals surface area contributed by atoms with Gasteiger partial charge in [-0.3, -0.25) is 14.2 Å². The predicted molar refractivity (Wildman–Crippen MR) is 129 cm³/mol. The second kappa shape index (κ2) is 10.7. The molecule has 2 fully saturated rings. The highest BCUT2D eigenvalue weighted by Crippen LogP contribution is 2.32. The highest BCUT2D eigenvalue weighted by Gasteiger charge is 2.40. The lowest BCUT2D eigenvalue weighted by Gasteiger charge is -2.43. The molecule has 0 radical (unpaired) electrons. The number of quaternary nitrogens is 1. The van der Waals surface area contributed by atoms with Gasteiger partial charge in [-0.1, -0.05) is 48.4 Å². The lowest BCUT2D eigenvalue weighted by molar-refractivity contribution is -0.938. The van der Waals surface area contributed by atoms with E-state index >= 15 is 0 Å². The Hall–Kier alpha value is -2.38. The van der Waals surface area contributed by atoms with Crippen molar-refractivity contribution in [3.8, 4) is 0 Å². The molecule has 7 nitrogen and oxygen atoms in total. The van der Waals surface area contributed by atoms with Crippen LogP contribution in [0.4, 0.5) is 5.82 Å². The number of carbonyl (C=O) groups is 1. The van der Waals surface area contributed by atoms with Crippen LogP contribution in [0, 0.1) is 6.92 Å². The summed E-state index contributed by atoms with van der Waals surface area (Å²) in [5.41, 5.74) is 1.02. The number of carbonyl (C=O) groups excluding carboxylic acids is 1. The van der Waals surface area contributed by atoms with Crippen LogP contribution >= 0.6 is 11.6 Å². The molecule has 1 aromatic heterocycles. The minimum absolute atomic E-state index is 0.165. The molecule has 0 amide bonds. The van der Waals surface area contributed by atoms with E-state index in [2.05, 4.69) is 10.3 Å². The zero-order valence-corrected chi connectivity index (χ0v) is 20.1. The largest absolute Gasteiger partial charge is 0.459 e. The molecule has 1 N–H and O–H groups in total. The highest BCUT2D eigenvalue weighted by atomic mass is 35.5. The van der Waals surface area contributed by atoms with Crippen LogP contribution < -0.4 is 10.9 Å². The lowest BCUT2D eigenvalue weighted by Crippen LogP contribution is -2.56. The van der Waals surface area contributed by atoms with Crippen molar-refractivity contribution in [2.45, 2.75) is 71.1 Å². The van der Waals surface area contributed by atoms with Crippen LogP contribution in [-0.2, 0) is 22.7 Å². The van der Waals surface area contributed by atoms with Crippen LogP contribution in [0.5, 0.6) is 0 Å². The second-order valence-electron chi connectivity index (χ2n) is 9.37. The third kappa shape index (κ3) is 5.58. The Bertz CT molecular complexity index is 1010.